The fourth-order valence-electron chi connectivity index (χ4n) is 7.82. The number of nitro groups is 1. The molecule has 4 aromatic rings. The van der Waals surface area contributed by atoms with Crippen molar-refractivity contribution < 1.29 is 14.5 Å². The Hall–Kier alpha value is -4.36. The number of benzene rings is 4. The number of rotatable bonds is 4. The highest BCUT2D eigenvalue weighted by Gasteiger charge is 2.69. The topological polar surface area (TPSA) is 92.5 Å². The molecule has 7 rings (SSSR count). The molecule has 1 N–H and O–H groups in total. The first-order chi connectivity index (χ1) is 19.3. The molecule has 3 heterocycles. The highest BCUT2D eigenvalue weighted by Crippen LogP contribution is 2.61. The first-order valence-electron chi connectivity index (χ1n) is 13.8. The van der Waals surface area contributed by atoms with Crippen molar-refractivity contribution in [1.29, 1.82) is 0 Å². The molecule has 0 radical (unpaired) electrons. The van der Waals surface area contributed by atoms with E-state index < -0.39 is 16.4 Å². The van der Waals surface area contributed by atoms with Crippen LogP contribution in [0.4, 0.5) is 11.4 Å². The smallest absolute Gasteiger partial charge is 0.269 e. The Morgan fingerprint density at radius 2 is 1.77 bits per heavy atom. The van der Waals surface area contributed by atoms with Gasteiger partial charge in [0.2, 0.25) is 5.91 Å². The first kappa shape index (κ1) is 24.7. The molecule has 3 unspecified atom stereocenters. The van der Waals surface area contributed by atoms with Crippen LogP contribution in [0.1, 0.15) is 51.4 Å². The van der Waals surface area contributed by atoms with E-state index in [0.717, 1.165) is 51.6 Å². The van der Waals surface area contributed by atoms with Gasteiger partial charge in [0.1, 0.15) is 5.54 Å². The predicted octanol–water partition coefficient (Wildman–Crippen LogP) is 6.27. The van der Waals surface area contributed by atoms with E-state index in [-0.39, 0.29) is 29.3 Å². The number of carbonyl (C=O) groups is 2. The normalized spacial score (nSPS) is 25.2. The maximum Gasteiger partial charge on any atom is 0.269 e. The molecule has 1 spiro atoms. The van der Waals surface area contributed by atoms with Crippen molar-refractivity contribution in [2.45, 2.75) is 44.2 Å². The third kappa shape index (κ3) is 3.27. The third-order valence-corrected chi connectivity index (χ3v) is 9.28. The van der Waals surface area contributed by atoms with Gasteiger partial charge in [-0.1, -0.05) is 72.3 Å². The third-order valence-electron chi connectivity index (χ3n) is 9.28. The maximum absolute atomic E-state index is 15.0. The lowest BCUT2D eigenvalue weighted by atomic mass is 9.68. The van der Waals surface area contributed by atoms with Crippen molar-refractivity contribution in [3.05, 3.63) is 117 Å². The van der Waals surface area contributed by atoms with Crippen LogP contribution in [0.2, 0.25) is 0 Å². The van der Waals surface area contributed by atoms with Gasteiger partial charge < -0.3 is 5.32 Å². The number of Topliss-reactive ketones (excluding diaryl/α,β-unsaturated/α-hetero) is 1. The summed E-state index contributed by atoms with van der Waals surface area (Å²) in [6.45, 7) is 4.72. The van der Waals surface area contributed by atoms with Crippen LogP contribution in [0.5, 0.6) is 0 Å². The molecule has 0 aliphatic carbocycles. The van der Waals surface area contributed by atoms with E-state index in [1.54, 1.807) is 12.1 Å². The van der Waals surface area contributed by atoms with Crippen LogP contribution in [0.25, 0.3) is 10.8 Å². The van der Waals surface area contributed by atoms with Crippen LogP contribution in [-0.4, -0.2) is 34.1 Å². The summed E-state index contributed by atoms with van der Waals surface area (Å²) < 4.78 is 0. The highest BCUT2D eigenvalue weighted by molar-refractivity contribution is 6.16. The van der Waals surface area contributed by atoms with Crippen LogP contribution in [0.15, 0.2) is 78.9 Å². The predicted molar refractivity (Wildman–Crippen MR) is 154 cm³/mol. The monoisotopic (exact) mass is 531 g/mol. The number of carbonyl (C=O) groups excluding carboxylic acids is 2. The summed E-state index contributed by atoms with van der Waals surface area (Å²) in [5.74, 6) is -1.26. The van der Waals surface area contributed by atoms with Gasteiger partial charge in [0.15, 0.2) is 5.78 Å². The number of nitrogens with one attached hydrogen (secondary N) is 1. The lowest BCUT2D eigenvalue weighted by Crippen LogP contribution is -2.52. The Balaban J connectivity index is 1.51. The summed E-state index contributed by atoms with van der Waals surface area (Å²) in [4.78, 5) is 42.7. The number of hydrogen-bond donors (Lipinski definition) is 1. The molecular weight excluding hydrogens is 502 g/mol. The molecule has 3 aliphatic rings. The van der Waals surface area contributed by atoms with E-state index >= 15 is 4.79 Å². The zero-order valence-electron chi connectivity index (χ0n) is 22.4. The molecule has 40 heavy (non-hydrogen) atoms. The van der Waals surface area contributed by atoms with Crippen LogP contribution in [0.3, 0.4) is 0 Å². The van der Waals surface area contributed by atoms with Crippen molar-refractivity contribution in [2.75, 3.05) is 11.9 Å². The second-order valence-corrected chi connectivity index (χ2v) is 11.4. The number of fused-ring (bicyclic) bond motifs is 5. The summed E-state index contributed by atoms with van der Waals surface area (Å²) in [7, 11) is 0. The molecule has 0 bridgehead atoms. The van der Waals surface area contributed by atoms with E-state index in [9.17, 15) is 14.9 Å². The minimum absolute atomic E-state index is 0.00636. The number of nitrogens with zero attached hydrogens (tertiary/aromatic N) is 2. The van der Waals surface area contributed by atoms with E-state index in [4.69, 9.17) is 0 Å². The van der Waals surface area contributed by atoms with E-state index in [1.165, 1.54) is 12.1 Å². The molecule has 7 nitrogen and oxygen atoms in total. The highest BCUT2D eigenvalue weighted by atomic mass is 16.6. The van der Waals surface area contributed by atoms with E-state index in [2.05, 4.69) is 22.3 Å². The summed E-state index contributed by atoms with van der Waals surface area (Å²) in [6.07, 6.45) is 1.76. The molecule has 4 aromatic carbocycles. The molecule has 7 heteroatoms. The first-order valence-corrected chi connectivity index (χ1v) is 13.8. The van der Waals surface area contributed by atoms with Gasteiger partial charge in [-0.25, -0.2) is 0 Å². The van der Waals surface area contributed by atoms with Crippen LogP contribution >= 0.6 is 0 Å². The largest absolute Gasteiger partial charge is 0.324 e. The van der Waals surface area contributed by atoms with E-state index in [0.29, 0.717) is 12.1 Å². The molecule has 3 aliphatic heterocycles. The Kier molecular flexibility index (Phi) is 5.44. The molecule has 4 atom stereocenters. The van der Waals surface area contributed by atoms with Crippen molar-refractivity contribution in [1.82, 2.24) is 4.90 Å². The second-order valence-electron chi connectivity index (χ2n) is 11.4. The fourth-order valence-corrected chi connectivity index (χ4v) is 7.82. The second kappa shape index (κ2) is 8.83. The summed E-state index contributed by atoms with van der Waals surface area (Å²) in [5, 5.41) is 16.5. The number of anilines is 1. The van der Waals surface area contributed by atoms with E-state index in [1.807, 2.05) is 56.3 Å². The Morgan fingerprint density at radius 1 is 1.02 bits per heavy atom. The van der Waals surface area contributed by atoms with Crippen LogP contribution in [-0.2, 0) is 10.3 Å². The zero-order chi connectivity index (χ0) is 27.8. The molecule has 1 amide bonds. The Bertz CT molecular complexity index is 1720. The number of ketones is 1. The van der Waals surface area contributed by atoms with Gasteiger partial charge in [-0.2, -0.15) is 0 Å². The number of aryl methyl sites for hydroxylation is 2. The molecular formula is C33H29N3O4. The Morgan fingerprint density at radius 3 is 2.55 bits per heavy atom. The Labute approximate surface area is 232 Å². The standard InChI is InChI=1S/C33H29N3O4/c1-19-17-20(2)30-26(18-19)33(32(38)34-30)29(31(37)25-10-5-8-21-7-3-4-9-24(21)25)28(27-11-6-16-35(27)33)22-12-14-23(15-13-22)36(39)40/h3-5,7-10,12-15,17-18,27-29H,6,11,16H2,1-2H3,(H,34,38)/t27?,28?,29?,33-/m1/s1. The molecule has 0 aromatic heterocycles. The summed E-state index contributed by atoms with van der Waals surface area (Å²) in [6, 6.07) is 24.2. The number of amides is 1. The summed E-state index contributed by atoms with van der Waals surface area (Å²) in [5.41, 5.74) is 3.96. The minimum atomic E-state index is -1.17. The van der Waals surface area contributed by atoms with Crippen LogP contribution < -0.4 is 5.32 Å². The van der Waals surface area contributed by atoms with Crippen molar-refractivity contribution in [2.24, 2.45) is 5.92 Å². The SMILES string of the molecule is Cc1cc(C)c2c(c1)[C@]1(C(=O)N2)C(C(=O)c2cccc3ccccc23)C(c2ccc([N+](=O)[O-])cc2)C2CCCN21. The average Bonchev–Trinajstić information content (AvgIpc) is 3.61. The fraction of sp³-hybridized carbons (Fsp3) is 0.273. The van der Waals surface area contributed by atoms with Gasteiger partial charge >= 0.3 is 0 Å². The van der Waals surface area contributed by atoms with Gasteiger partial charge in [-0.15, -0.1) is 0 Å². The number of non-ortho nitro benzene ring substituents is 1. The van der Waals surface area contributed by atoms with Gasteiger partial charge in [0, 0.05) is 40.9 Å². The summed E-state index contributed by atoms with van der Waals surface area (Å²) >= 11 is 0. The molecule has 2 fully saturated rings. The quantitative estimate of drug-likeness (QED) is 0.190. The lowest BCUT2D eigenvalue weighted by Gasteiger charge is -2.37. The molecule has 2 saturated heterocycles. The molecule has 200 valence electrons. The number of nitro benzene ring substituents is 1. The van der Waals surface area contributed by atoms with Gasteiger partial charge in [-0.05, 0) is 55.1 Å². The average molecular weight is 532 g/mol. The maximum atomic E-state index is 15.0. The van der Waals surface area contributed by atoms with Gasteiger partial charge in [-0.3, -0.25) is 24.6 Å². The van der Waals surface area contributed by atoms with Crippen molar-refractivity contribution >= 4 is 33.8 Å². The minimum Gasteiger partial charge on any atom is -0.324 e. The van der Waals surface area contributed by atoms with Gasteiger partial charge in [0.25, 0.3) is 5.69 Å². The van der Waals surface area contributed by atoms with Crippen molar-refractivity contribution in [3.63, 3.8) is 0 Å². The van der Waals surface area contributed by atoms with Gasteiger partial charge in [0.05, 0.1) is 10.8 Å². The van der Waals surface area contributed by atoms with Crippen LogP contribution in [0, 0.1) is 29.9 Å². The lowest BCUT2D eigenvalue weighted by molar-refractivity contribution is -0.384. The number of hydrogen-bond acceptors (Lipinski definition) is 5. The van der Waals surface area contributed by atoms with Crippen molar-refractivity contribution in [3.8, 4) is 0 Å². The molecule has 0 saturated carbocycles. The zero-order valence-corrected chi connectivity index (χ0v) is 22.4.